The van der Waals surface area contributed by atoms with Crippen molar-refractivity contribution in [2.75, 3.05) is 12.0 Å². The molecule has 94 valence electrons. The third-order valence-corrected chi connectivity index (χ3v) is 2.73. The number of anilines is 1. The van der Waals surface area contributed by atoms with E-state index in [1.807, 2.05) is 0 Å². The number of rotatable bonds is 5. The van der Waals surface area contributed by atoms with Crippen LogP contribution in [0.2, 0.25) is 0 Å². The van der Waals surface area contributed by atoms with Crippen molar-refractivity contribution in [2.45, 2.75) is 27.2 Å². The fourth-order valence-corrected chi connectivity index (χ4v) is 1.07. The lowest BCUT2D eigenvalue weighted by Gasteiger charge is -2.22. The summed E-state index contributed by atoms with van der Waals surface area (Å²) >= 11 is 0. The largest absolute Gasteiger partial charge is 0.350 e. The first kappa shape index (κ1) is 13.4. The van der Waals surface area contributed by atoms with E-state index in [9.17, 15) is 4.79 Å². The third-order valence-electron chi connectivity index (χ3n) is 2.73. The van der Waals surface area contributed by atoms with E-state index in [2.05, 4.69) is 41.7 Å². The predicted molar refractivity (Wildman–Crippen MR) is 66.2 cm³/mol. The molecule has 0 fully saturated rings. The molecule has 17 heavy (non-hydrogen) atoms. The average molecular weight is 237 g/mol. The summed E-state index contributed by atoms with van der Waals surface area (Å²) < 4.78 is 0. The minimum absolute atomic E-state index is 0.0852. The van der Waals surface area contributed by atoms with Gasteiger partial charge in [0.05, 0.1) is 0 Å². The average Bonchev–Trinajstić information content (AvgIpc) is 2.36. The van der Waals surface area contributed by atoms with E-state index in [-0.39, 0.29) is 17.0 Å². The van der Waals surface area contributed by atoms with Crippen LogP contribution in [0.3, 0.4) is 0 Å². The third kappa shape index (κ3) is 3.99. The molecule has 0 saturated carbocycles. The Bertz CT molecular complexity index is 374. The van der Waals surface area contributed by atoms with E-state index in [1.54, 1.807) is 12.1 Å². The number of nitrogen functional groups attached to an aromatic ring is 1. The van der Waals surface area contributed by atoms with Gasteiger partial charge in [-0.3, -0.25) is 4.79 Å². The molecule has 4 N–H and O–H groups in total. The highest BCUT2D eigenvalue weighted by atomic mass is 16.1. The number of carbonyl (C=O) groups excluding carboxylic acids is 1. The van der Waals surface area contributed by atoms with Gasteiger partial charge < -0.3 is 10.7 Å². The zero-order valence-corrected chi connectivity index (χ0v) is 10.4. The highest BCUT2D eigenvalue weighted by molar-refractivity contribution is 5.92. The van der Waals surface area contributed by atoms with E-state index in [0.29, 0.717) is 12.4 Å². The minimum Gasteiger partial charge on any atom is -0.350 e. The molecule has 0 aliphatic carbocycles. The Kier molecular flexibility index (Phi) is 4.39. The van der Waals surface area contributed by atoms with Crippen molar-refractivity contribution in [1.82, 2.24) is 15.5 Å². The Hall–Kier alpha value is -1.69. The number of nitrogens with one attached hydrogen (secondary N) is 2. The van der Waals surface area contributed by atoms with Gasteiger partial charge >= 0.3 is 0 Å². The Morgan fingerprint density at radius 3 is 2.59 bits per heavy atom. The summed E-state index contributed by atoms with van der Waals surface area (Å²) in [6.45, 7) is 6.90. The molecule has 0 saturated heterocycles. The van der Waals surface area contributed by atoms with Gasteiger partial charge in [0.25, 0.3) is 5.91 Å². The Balaban J connectivity index is 2.58. The second-order valence-corrected chi connectivity index (χ2v) is 4.65. The highest BCUT2D eigenvalue weighted by Crippen LogP contribution is 2.17. The molecule has 1 heterocycles. The Morgan fingerprint density at radius 2 is 2.12 bits per heavy atom. The Morgan fingerprint density at radius 1 is 1.41 bits per heavy atom. The molecular formula is C11H19N5O. The van der Waals surface area contributed by atoms with Crippen molar-refractivity contribution in [3.8, 4) is 0 Å². The van der Waals surface area contributed by atoms with Crippen molar-refractivity contribution in [2.24, 2.45) is 11.3 Å². The zero-order valence-electron chi connectivity index (χ0n) is 10.4. The van der Waals surface area contributed by atoms with Gasteiger partial charge in [0.1, 0.15) is 0 Å². The molecule has 6 heteroatoms. The number of hydrogen-bond donors (Lipinski definition) is 3. The smallest absolute Gasteiger partial charge is 0.271 e. The van der Waals surface area contributed by atoms with Gasteiger partial charge in [-0.05, 0) is 24.0 Å². The molecule has 1 amide bonds. The van der Waals surface area contributed by atoms with Crippen molar-refractivity contribution >= 4 is 11.7 Å². The van der Waals surface area contributed by atoms with Gasteiger partial charge in [0.2, 0.25) is 0 Å². The van der Waals surface area contributed by atoms with E-state index in [4.69, 9.17) is 5.84 Å². The normalized spacial score (nSPS) is 11.1. The van der Waals surface area contributed by atoms with Gasteiger partial charge in [-0.1, -0.05) is 20.8 Å². The second-order valence-electron chi connectivity index (χ2n) is 4.65. The lowest BCUT2D eigenvalue weighted by Crippen LogP contribution is -2.34. The molecule has 0 atom stereocenters. The first-order valence-corrected chi connectivity index (χ1v) is 5.57. The molecule has 0 aromatic carbocycles. The van der Waals surface area contributed by atoms with Gasteiger partial charge in [-0.25, -0.2) is 5.84 Å². The van der Waals surface area contributed by atoms with Crippen LogP contribution in [0.1, 0.15) is 37.7 Å². The number of nitrogens with two attached hydrogens (primary N) is 1. The van der Waals surface area contributed by atoms with Gasteiger partial charge in [-0.15, -0.1) is 10.2 Å². The Labute approximate surface area is 101 Å². The molecule has 1 aromatic rings. The van der Waals surface area contributed by atoms with E-state index >= 15 is 0 Å². The topological polar surface area (TPSA) is 92.9 Å². The molecule has 1 rings (SSSR count). The standard InChI is InChI=1S/C11H19N5O/c1-4-11(2,3)7-13-10(17)8-5-6-9(14-12)16-15-8/h5-6H,4,7,12H2,1-3H3,(H,13,17)(H,14,16). The van der Waals surface area contributed by atoms with Crippen LogP contribution in [0.25, 0.3) is 0 Å². The molecular weight excluding hydrogens is 218 g/mol. The van der Waals surface area contributed by atoms with Gasteiger partial charge in [0, 0.05) is 6.54 Å². The van der Waals surface area contributed by atoms with Crippen LogP contribution < -0.4 is 16.6 Å². The number of hydrogen-bond acceptors (Lipinski definition) is 5. The zero-order chi connectivity index (χ0) is 12.9. The first-order chi connectivity index (χ1) is 7.98. The lowest BCUT2D eigenvalue weighted by atomic mass is 9.90. The molecule has 6 nitrogen and oxygen atoms in total. The van der Waals surface area contributed by atoms with Crippen LogP contribution in [0, 0.1) is 5.41 Å². The van der Waals surface area contributed by atoms with Crippen LogP contribution in [-0.2, 0) is 0 Å². The number of nitrogens with zero attached hydrogens (tertiary/aromatic N) is 2. The number of aromatic nitrogens is 2. The SMILES string of the molecule is CCC(C)(C)CNC(=O)c1ccc(NN)nn1. The molecule has 0 spiro atoms. The van der Waals surface area contributed by atoms with Gasteiger partial charge in [0.15, 0.2) is 11.5 Å². The second kappa shape index (κ2) is 5.58. The van der Waals surface area contributed by atoms with Crippen LogP contribution in [0.4, 0.5) is 5.82 Å². The van der Waals surface area contributed by atoms with Crippen molar-refractivity contribution in [1.29, 1.82) is 0 Å². The molecule has 0 radical (unpaired) electrons. The summed E-state index contributed by atoms with van der Waals surface area (Å²) in [5.41, 5.74) is 2.73. The minimum atomic E-state index is -0.220. The van der Waals surface area contributed by atoms with Gasteiger partial charge in [-0.2, -0.15) is 0 Å². The number of amides is 1. The summed E-state index contributed by atoms with van der Waals surface area (Å²) in [4.78, 5) is 11.7. The van der Waals surface area contributed by atoms with Crippen LogP contribution >= 0.6 is 0 Å². The quantitative estimate of drug-likeness (QED) is 0.523. The summed E-state index contributed by atoms with van der Waals surface area (Å²) in [5.74, 6) is 5.36. The van der Waals surface area contributed by atoms with Crippen LogP contribution in [0.15, 0.2) is 12.1 Å². The fourth-order valence-electron chi connectivity index (χ4n) is 1.07. The van der Waals surface area contributed by atoms with E-state index in [1.165, 1.54) is 0 Å². The molecule has 0 unspecified atom stereocenters. The predicted octanol–water partition coefficient (Wildman–Crippen LogP) is 0.928. The summed E-state index contributed by atoms with van der Waals surface area (Å²) in [6.07, 6.45) is 0.995. The molecule has 0 aliphatic rings. The van der Waals surface area contributed by atoms with E-state index in [0.717, 1.165) is 6.42 Å². The lowest BCUT2D eigenvalue weighted by molar-refractivity contribution is 0.0929. The summed E-state index contributed by atoms with van der Waals surface area (Å²) in [6, 6.07) is 3.18. The van der Waals surface area contributed by atoms with Crippen molar-refractivity contribution < 1.29 is 4.79 Å². The molecule has 0 aliphatic heterocycles. The highest BCUT2D eigenvalue weighted by Gasteiger charge is 2.17. The monoisotopic (exact) mass is 237 g/mol. The summed E-state index contributed by atoms with van der Waals surface area (Å²) in [7, 11) is 0. The van der Waals surface area contributed by atoms with Crippen molar-refractivity contribution in [3.63, 3.8) is 0 Å². The number of carbonyl (C=O) groups is 1. The van der Waals surface area contributed by atoms with Crippen LogP contribution in [0.5, 0.6) is 0 Å². The molecule has 1 aromatic heterocycles. The fraction of sp³-hybridized carbons (Fsp3) is 0.545. The van der Waals surface area contributed by atoms with Crippen molar-refractivity contribution in [3.05, 3.63) is 17.8 Å². The first-order valence-electron chi connectivity index (χ1n) is 5.57. The molecule has 0 bridgehead atoms. The van der Waals surface area contributed by atoms with Crippen LogP contribution in [-0.4, -0.2) is 22.6 Å². The maximum Gasteiger partial charge on any atom is 0.271 e. The maximum atomic E-state index is 11.7. The number of hydrazine groups is 1. The maximum absolute atomic E-state index is 11.7. The van der Waals surface area contributed by atoms with E-state index < -0.39 is 0 Å². The summed E-state index contributed by atoms with van der Waals surface area (Å²) in [5, 5.41) is 10.3.